The molecule has 1 rings (SSSR count). The van der Waals surface area contributed by atoms with Crippen LogP contribution < -0.4 is 11.1 Å². The van der Waals surface area contributed by atoms with Gasteiger partial charge in [-0.1, -0.05) is 15.9 Å². The van der Waals surface area contributed by atoms with E-state index in [0.717, 1.165) is 4.47 Å². The predicted molar refractivity (Wildman–Crippen MR) is 69.6 cm³/mol. The van der Waals surface area contributed by atoms with Crippen molar-refractivity contribution in [1.82, 2.24) is 0 Å². The molecule has 4 N–H and O–H groups in total. The highest BCUT2D eigenvalue weighted by Crippen LogP contribution is 2.21. The van der Waals surface area contributed by atoms with Crippen LogP contribution in [0.15, 0.2) is 22.7 Å². The smallest absolute Gasteiger partial charge is 0.334 e. The topological polar surface area (TPSA) is 102 Å². The highest BCUT2D eigenvalue weighted by Gasteiger charge is 2.17. The molecule has 0 saturated carbocycles. The Morgan fingerprint density at radius 2 is 2.22 bits per heavy atom. The average Bonchev–Trinajstić information content (AvgIpc) is 2.29. The van der Waals surface area contributed by atoms with E-state index in [1.807, 2.05) is 0 Å². The number of hydrogen-bond donors (Lipinski definition) is 3. The molecule has 7 heteroatoms. The number of nitrogens with one attached hydrogen (secondary N) is 1. The highest BCUT2D eigenvalue weighted by atomic mass is 79.9. The fourth-order valence-corrected chi connectivity index (χ4v) is 1.71. The standard InChI is InChI=1S/C11H13BrN2O4/c1-18-9(11(16)17)5-14-8-4-6(12)2-3-7(8)10(13)15/h2-4,9,14H,5H2,1H3,(H2,13,15)(H,16,17). The number of amides is 1. The van der Waals surface area contributed by atoms with E-state index in [2.05, 4.69) is 21.2 Å². The molecule has 0 radical (unpaired) electrons. The fourth-order valence-electron chi connectivity index (χ4n) is 1.35. The maximum absolute atomic E-state index is 11.2. The van der Waals surface area contributed by atoms with E-state index in [9.17, 15) is 9.59 Å². The number of rotatable bonds is 6. The van der Waals surface area contributed by atoms with Crippen molar-refractivity contribution >= 4 is 33.5 Å². The minimum absolute atomic E-state index is 0.0303. The van der Waals surface area contributed by atoms with Gasteiger partial charge in [-0.25, -0.2) is 4.79 Å². The van der Waals surface area contributed by atoms with E-state index < -0.39 is 18.0 Å². The molecule has 0 saturated heterocycles. The van der Waals surface area contributed by atoms with Gasteiger partial charge in [0.25, 0.3) is 5.91 Å². The van der Waals surface area contributed by atoms with E-state index >= 15 is 0 Å². The van der Waals surface area contributed by atoms with Crippen molar-refractivity contribution in [2.24, 2.45) is 5.73 Å². The monoisotopic (exact) mass is 316 g/mol. The van der Waals surface area contributed by atoms with Crippen molar-refractivity contribution in [2.75, 3.05) is 19.0 Å². The Balaban J connectivity index is 2.86. The van der Waals surface area contributed by atoms with Crippen LogP contribution in [-0.4, -0.2) is 36.7 Å². The minimum Gasteiger partial charge on any atom is -0.479 e. The lowest BCUT2D eigenvalue weighted by molar-refractivity contribution is -0.147. The zero-order chi connectivity index (χ0) is 13.7. The maximum Gasteiger partial charge on any atom is 0.334 e. The van der Waals surface area contributed by atoms with Gasteiger partial charge in [-0.05, 0) is 18.2 Å². The molecule has 18 heavy (non-hydrogen) atoms. The normalized spacial score (nSPS) is 11.9. The van der Waals surface area contributed by atoms with Crippen LogP contribution in [0, 0.1) is 0 Å². The Morgan fingerprint density at radius 3 is 2.72 bits per heavy atom. The third-order valence-corrected chi connectivity index (χ3v) is 2.78. The minimum atomic E-state index is -1.08. The van der Waals surface area contributed by atoms with Crippen molar-refractivity contribution in [3.63, 3.8) is 0 Å². The number of nitrogens with two attached hydrogens (primary N) is 1. The van der Waals surface area contributed by atoms with Crippen molar-refractivity contribution in [3.05, 3.63) is 28.2 Å². The second kappa shape index (κ2) is 6.36. The first kappa shape index (κ1) is 14.5. The van der Waals surface area contributed by atoms with Gasteiger partial charge >= 0.3 is 5.97 Å². The summed E-state index contributed by atoms with van der Waals surface area (Å²) in [5, 5.41) is 11.6. The lowest BCUT2D eigenvalue weighted by atomic mass is 10.1. The number of halogens is 1. The lowest BCUT2D eigenvalue weighted by Crippen LogP contribution is -2.31. The van der Waals surface area contributed by atoms with E-state index in [4.69, 9.17) is 15.6 Å². The van der Waals surface area contributed by atoms with Crippen LogP contribution in [0.3, 0.4) is 0 Å². The molecule has 1 atom stereocenters. The van der Waals surface area contributed by atoms with Crippen LogP contribution >= 0.6 is 15.9 Å². The maximum atomic E-state index is 11.2. The summed E-state index contributed by atoms with van der Waals surface area (Å²) in [4.78, 5) is 22.0. The number of primary amides is 1. The van der Waals surface area contributed by atoms with Gasteiger partial charge in [0.1, 0.15) is 0 Å². The van der Waals surface area contributed by atoms with Crippen LogP contribution in [-0.2, 0) is 9.53 Å². The SMILES string of the molecule is COC(CNc1cc(Br)ccc1C(N)=O)C(=O)O. The summed E-state index contributed by atoms with van der Waals surface area (Å²) in [6, 6.07) is 4.88. The summed E-state index contributed by atoms with van der Waals surface area (Å²) in [7, 11) is 1.30. The Labute approximate surface area is 112 Å². The Bertz CT molecular complexity index is 464. The molecular formula is C11H13BrN2O4. The van der Waals surface area contributed by atoms with E-state index in [1.54, 1.807) is 18.2 Å². The number of benzene rings is 1. The summed E-state index contributed by atoms with van der Waals surface area (Å²) in [6.07, 6.45) is -0.996. The van der Waals surface area contributed by atoms with Gasteiger partial charge in [-0.2, -0.15) is 0 Å². The molecule has 1 amide bonds. The number of carboxylic acids is 1. The molecule has 0 fully saturated rings. The second-order valence-corrected chi connectivity index (χ2v) is 4.41. The van der Waals surface area contributed by atoms with Crippen LogP contribution in [0.5, 0.6) is 0 Å². The summed E-state index contributed by atoms with van der Waals surface area (Å²) in [5.74, 6) is -1.67. The van der Waals surface area contributed by atoms with Gasteiger partial charge in [0.2, 0.25) is 0 Å². The molecule has 0 spiro atoms. The number of anilines is 1. The quantitative estimate of drug-likeness (QED) is 0.728. The Kier molecular flexibility index (Phi) is 5.11. The number of hydrogen-bond acceptors (Lipinski definition) is 4. The molecule has 0 aromatic heterocycles. The Hall–Kier alpha value is -1.60. The summed E-state index contributed by atoms with van der Waals surface area (Å²) in [5.41, 5.74) is 5.97. The van der Waals surface area contributed by atoms with Crippen molar-refractivity contribution in [3.8, 4) is 0 Å². The fraction of sp³-hybridized carbons (Fsp3) is 0.273. The molecule has 0 aliphatic rings. The molecule has 0 bridgehead atoms. The van der Waals surface area contributed by atoms with E-state index in [0.29, 0.717) is 11.3 Å². The van der Waals surface area contributed by atoms with Crippen molar-refractivity contribution in [1.29, 1.82) is 0 Å². The number of ether oxygens (including phenoxy) is 1. The second-order valence-electron chi connectivity index (χ2n) is 3.50. The van der Waals surface area contributed by atoms with E-state index in [1.165, 1.54) is 7.11 Å². The number of aliphatic carboxylic acids is 1. The molecule has 0 aliphatic heterocycles. The van der Waals surface area contributed by atoms with Gasteiger partial charge in [0.05, 0.1) is 12.1 Å². The number of carbonyl (C=O) groups excluding carboxylic acids is 1. The lowest BCUT2D eigenvalue weighted by Gasteiger charge is -2.14. The third-order valence-electron chi connectivity index (χ3n) is 2.28. The zero-order valence-electron chi connectivity index (χ0n) is 9.64. The number of methoxy groups -OCH3 is 1. The molecule has 98 valence electrons. The van der Waals surface area contributed by atoms with Gasteiger partial charge in [-0.3, -0.25) is 4.79 Å². The average molecular weight is 317 g/mol. The molecule has 0 aliphatic carbocycles. The number of carboxylic acid groups (broad SMARTS) is 1. The first-order valence-corrected chi connectivity index (χ1v) is 5.83. The van der Waals surface area contributed by atoms with Crippen LogP contribution in [0.4, 0.5) is 5.69 Å². The van der Waals surface area contributed by atoms with E-state index in [-0.39, 0.29) is 6.54 Å². The third kappa shape index (κ3) is 3.71. The Morgan fingerprint density at radius 1 is 1.56 bits per heavy atom. The molecular weight excluding hydrogens is 304 g/mol. The predicted octanol–water partition coefficient (Wildman–Crippen LogP) is 1.06. The molecule has 1 aromatic carbocycles. The molecule has 1 aromatic rings. The van der Waals surface area contributed by atoms with Gasteiger partial charge in [0.15, 0.2) is 6.10 Å². The van der Waals surface area contributed by atoms with Crippen LogP contribution in [0.25, 0.3) is 0 Å². The molecule has 6 nitrogen and oxygen atoms in total. The summed E-state index contributed by atoms with van der Waals surface area (Å²) in [6.45, 7) is 0.0303. The zero-order valence-corrected chi connectivity index (χ0v) is 11.2. The molecule has 1 unspecified atom stereocenters. The van der Waals surface area contributed by atoms with Gasteiger partial charge < -0.3 is 20.9 Å². The van der Waals surface area contributed by atoms with Crippen LogP contribution in [0.2, 0.25) is 0 Å². The first-order valence-electron chi connectivity index (χ1n) is 5.04. The summed E-state index contributed by atoms with van der Waals surface area (Å²) >= 11 is 3.26. The van der Waals surface area contributed by atoms with Gasteiger partial charge in [0, 0.05) is 17.3 Å². The van der Waals surface area contributed by atoms with Gasteiger partial charge in [-0.15, -0.1) is 0 Å². The largest absolute Gasteiger partial charge is 0.479 e. The summed E-state index contributed by atoms with van der Waals surface area (Å²) < 4.78 is 5.52. The first-order chi connectivity index (χ1) is 8.45. The molecule has 0 heterocycles. The van der Waals surface area contributed by atoms with Crippen molar-refractivity contribution in [2.45, 2.75) is 6.10 Å². The highest BCUT2D eigenvalue weighted by molar-refractivity contribution is 9.10. The van der Waals surface area contributed by atoms with Crippen LogP contribution in [0.1, 0.15) is 10.4 Å². The van der Waals surface area contributed by atoms with Crippen molar-refractivity contribution < 1.29 is 19.4 Å². The number of carbonyl (C=O) groups is 2.